The van der Waals surface area contributed by atoms with Crippen LogP contribution < -0.4 is 0 Å². The Balaban J connectivity index is 2.11. The van der Waals surface area contributed by atoms with Gasteiger partial charge in [-0.1, -0.05) is 22.6 Å². The molecule has 1 fully saturated rings. The van der Waals surface area contributed by atoms with Crippen molar-refractivity contribution in [2.45, 2.75) is 3.92 Å². The van der Waals surface area contributed by atoms with Gasteiger partial charge in [0, 0.05) is 3.92 Å². The zero-order valence-corrected chi connectivity index (χ0v) is 5.55. The lowest BCUT2D eigenvalue weighted by Gasteiger charge is -2.32. The Morgan fingerprint density at radius 1 is 1.67 bits per heavy atom. The summed E-state index contributed by atoms with van der Waals surface area (Å²) >= 11 is 2.39. The van der Waals surface area contributed by atoms with Gasteiger partial charge in [0.25, 0.3) is 0 Å². The summed E-state index contributed by atoms with van der Waals surface area (Å²) in [5.41, 5.74) is 0. The molecule has 0 bridgehead atoms. The third kappa shape index (κ3) is 0.875. The first-order valence-electron chi connectivity index (χ1n) is 1.93. The Bertz CT molecular complexity index is 46.8. The van der Waals surface area contributed by atoms with Crippen LogP contribution in [0.4, 0.5) is 0 Å². The van der Waals surface area contributed by atoms with Crippen molar-refractivity contribution in [1.29, 1.82) is 0 Å². The van der Waals surface area contributed by atoms with E-state index in [-0.39, 0.29) is 0 Å². The van der Waals surface area contributed by atoms with Gasteiger partial charge in [-0.25, -0.2) is 0 Å². The first-order chi connectivity index (χ1) is 2.79. The molecule has 1 aliphatic rings. The highest BCUT2D eigenvalue weighted by Crippen LogP contribution is 2.12. The number of hydrogen-bond donors (Lipinski definition) is 0. The Kier molecular flexibility index (Phi) is 1.39. The molecule has 0 atom stereocenters. The highest BCUT2D eigenvalue weighted by molar-refractivity contribution is 14.1. The van der Waals surface area contributed by atoms with Gasteiger partial charge in [0.1, 0.15) is 0 Å². The van der Waals surface area contributed by atoms with Crippen LogP contribution in [0.3, 0.4) is 0 Å². The van der Waals surface area contributed by atoms with Gasteiger partial charge in [-0.05, 0) is 13.1 Å². The molecular weight excluding hydrogens is 188 g/mol. The fourth-order valence-electron chi connectivity index (χ4n) is 0.455. The second-order valence-electron chi connectivity index (χ2n) is 1.55. The molecule has 1 nitrogen and oxygen atoms in total. The minimum Gasteiger partial charge on any atom is -0.352 e. The van der Waals surface area contributed by atoms with Crippen molar-refractivity contribution in [1.82, 2.24) is 4.81 Å². The van der Waals surface area contributed by atoms with Crippen molar-refractivity contribution < 1.29 is 0 Å². The Morgan fingerprint density at radius 2 is 2.17 bits per heavy atom. The van der Waals surface area contributed by atoms with Crippen molar-refractivity contribution in [3.05, 3.63) is 0 Å². The third-order valence-electron chi connectivity index (χ3n) is 0.865. The summed E-state index contributed by atoms with van der Waals surface area (Å²) in [6.07, 6.45) is 0. The summed E-state index contributed by atoms with van der Waals surface area (Å²) in [6, 6.07) is 0. The van der Waals surface area contributed by atoms with Crippen LogP contribution in [0.5, 0.6) is 0 Å². The average molecular weight is 193 g/mol. The molecular formula is C3H5BIN. The van der Waals surface area contributed by atoms with Crippen LogP contribution in [0.2, 0.25) is 0 Å². The summed E-state index contributed by atoms with van der Waals surface area (Å²) in [5, 5.41) is 0. The molecule has 1 saturated heterocycles. The molecule has 0 aromatic heterocycles. The maximum atomic E-state index is 5.30. The molecule has 32 valence electrons. The predicted molar refractivity (Wildman–Crippen MR) is 35.1 cm³/mol. The van der Waals surface area contributed by atoms with E-state index >= 15 is 0 Å². The Hall–Kier alpha value is 0.755. The van der Waals surface area contributed by atoms with Crippen LogP contribution in [0.25, 0.3) is 0 Å². The lowest BCUT2D eigenvalue weighted by atomic mass is 10.1. The molecule has 0 aromatic carbocycles. The summed E-state index contributed by atoms with van der Waals surface area (Å²) in [7, 11) is 5.30. The lowest BCUT2D eigenvalue weighted by molar-refractivity contribution is 0.352. The molecule has 1 rings (SSSR count). The minimum atomic E-state index is 0.813. The van der Waals surface area contributed by atoms with Crippen LogP contribution >= 0.6 is 22.6 Å². The number of rotatable bonds is 0. The van der Waals surface area contributed by atoms with Crippen molar-refractivity contribution in [2.24, 2.45) is 0 Å². The number of alkyl halides is 1. The quantitative estimate of drug-likeness (QED) is 0.301. The molecule has 0 amide bonds. The molecule has 0 N–H and O–H groups in total. The van der Waals surface area contributed by atoms with E-state index in [1.54, 1.807) is 0 Å². The summed E-state index contributed by atoms with van der Waals surface area (Å²) in [5.74, 6) is 0. The summed E-state index contributed by atoms with van der Waals surface area (Å²) in [4.78, 5) is 1.82. The SMILES string of the molecule is [B]N1CC(I)C1. The van der Waals surface area contributed by atoms with Crippen LogP contribution in [-0.2, 0) is 0 Å². The van der Waals surface area contributed by atoms with Crippen molar-refractivity contribution >= 4 is 30.6 Å². The van der Waals surface area contributed by atoms with Crippen LogP contribution in [0.1, 0.15) is 0 Å². The predicted octanol–water partition coefficient (Wildman–Crippen LogP) is 0.189. The normalized spacial score (nSPS) is 26.8. The van der Waals surface area contributed by atoms with Crippen LogP contribution in [0.15, 0.2) is 0 Å². The zero-order valence-electron chi connectivity index (χ0n) is 3.39. The first kappa shape index (κ1) is 4.90. The van der Waals surface area contributed by atoms with E-state index in [0.717, 1.165) is 17.0 Å². The van der Waals surface area contributed by atoms with Crippen molar-refractivity contribution in [2.75, 3.05) is 13.1 Å². The topological polar surface area (TPSA) is 3.24 Å². The van der Waals surface area contributed by atoms with Gasteiger partial charge in [0.05, 0.1) is 0 Å². The fourth-order valence-corrected chi connectivity index (χ4v) is 1.47. The minimum absolute atomic E-state index is 0.813. The van der Waals surface area contributed by atoms with Gasteiger partial charge in [-0.2, -0.15) is 0 Å². The molecule has 0 spiro atoms. The number of halogens is 1. The molecule has 1 heterocycles. The monoisotopic (exact) mass is 193 g/mol. The van der Waals surface area contributed by atoms with E-state index in [2.05, 4.69) is 22.6 Å². The van der Waals surface area contributed by atoms with Gasteiger partial charge in [-0.3, -0.25) is 0 Å². The van der Waals surface area contributed by atoms with Gasteiger partial charge < -0.3 is 4.81 Å². The van der Waals surface area contributed by atoms with Gasteiger partial charge >= 0.3 is 0 Å². The maximum Gasteiger partial charge on any atom is 0.182 e. The first-order valence-corrected chi connectivity index (χ1v) is 3.17. The highest BCUT2D eigenvalue weighted by Gasteiger charge is 2.17. The molecule has 2 radical (unpaired) electrons. The van der Waals surface area contributed by atoms with Gasteiger partial charge in [0.2, 0.25) is 0 Å². The summed E-state index contributed by atoms with van der Waals surface area (Å²) < 4.78 is 0.813. The standard InChI is InChI=1S/C3H5BIN/c4-6-1-3(5)2-6/h3H,1-2H2. The smallest absolute Gasteiger partial charge is 0.182 e. The number of nitrogens with zero attached hydrogens (tertiary/aromatic N) is 1. The van der Waals surface area contributed by atoms with E-state index in [0.29, 0.717) is 0 Å². The fraction of sp³-hybridized carbons (Fsp3) is 1.00. The molecule has 3 heteroatoms. The lowest BCUT2D eigenvalue weighted by Crippen LogP contribution is -2.45. The van der Waals surface area contributed by atoms with Gasteiger partial charge in [0.15, 0.2) is 7.98 Å². The largest absolute Gasteiger partial charge is 0.352 e. The molecule has 0 aliphatic carbocycles. The number of hydrogen-bond acceptors (Lipinski definition) is 1. The molecule has 0 unspecified atom stereocenters. The molecule has 0 aromatic rings. The van der Waals surface area contributed by atoms with Crippen molar-refractivity contribution in [3.63, 3.8) is 0 Å². The van der Waals surface area contributed by atoms with Crippen LogP contribution in [0, 0.1) is 0 Å². The Labute approximate surface area is 52.7 Å². The van der Waals surface area contributed by atoms with E-state index < -0.39 is 0 Å². The van der Waals surface area contributed by atoms with E-state index in [4.69, 9.17) is 7.98 Å². The average Bonchev–Trinajstić information content (AvgIpc) is 1.33. The van der Waals surface area contributed by atoms with E-state index in [1.807, 2.05) is 4.81 Å². The highest BCUT2D eigenvalue weighted by atomic mass is 127. The maximum absolute atomic E-state index is 5.30. The van der Waals surface area contributed by atoms with Crippen LogP contribution in [-0.4, -0.2) is 29.8 Å². The molecule has 6 heavy (non-hydrogen) atoms. The second-order valence-corrected chi connectivity index (χ2v) is 3.31. The Morgan fingerprint density at radius 3 is 2.17 bits per heavy atom. The molecule has 1 aliphatic heterocycles. The van der Waals surface area contributed by atoms with E-state index in [9.17, 15) is 0 Å². The second kappa shape index (κ2) is 1.70. The van der Waals surface area contributed by atoms with Gasteiger partial charge in [-0.15, -0.1) is 0 Å². The van der Waals surface area contributed by atoms with Crippen molar-refractivity contribution in [3.8, 4) is 0 Å². The summed E-state index contributed by atoms with van der Waals surface area (Å²) in [6.45, 7) is 2.14. The molecule has 0 saturated carbocycles. The zero-order chi connectivity index (χ0) is 4.57. The van der Waals surface area contributed by atoms with E-state index in [1.165, 1.54) is 0 Å². The third-order valence-corrected chi connectivity index (χ3v) is 1.65.